The lowest BCUT2D eigenvalue weighted by Crippen LogP contribution is -2.33. The number of anilines is 2. The van der Waals surface area contributed by atoms with Gasteiger partial charge in [-0.05, 0) is 41.5 Å². The quantitative estimate of drug-likeness (QED) is 0.0473. The predicted octanol–water partition coefficient (Wildman–Crippen LogP) is 7.09. The normalized spacial score (nSPS) is 12.0. The molecule has 220 valence electrons. The number of ether oxygens (including phenoxy) is 2. The number of aryl methyl sites for hydroxylation is 1. The Morgan fingerprint density at radius 3 is 2.33 bits per heavy atom. The number of aliphatic imine (C=N–C) groups is 1. The van der Waals surface area contributed by atoms with E-state index in [1.165, 1.54) is 0 Å². The minimum absolute atomic E-state index is 0.691. The van der Waals surface area contributed by atoms with Gasteiger partial charge in [-0.1, -0.05) is 58.5 Å². The van der Waals surface area contributed by atoms with Gasteiger partial charge >= 0.3 is 0 Å². The van der Waals surface area contributed by atoms with Crippen molar-refractivity contribution in [3.8, 4) is 11.5 Å². The molecule has 0 bridgehead atoms. The fourth-order valence-corrected chi connectivity index (χ4v) is 5.69. The molecule has 2 aromatic carbocycles. The molecule has 0 amide bonds. The number of hydrogen-bond acceptors (Lipinski definition) is 7. The number of methoxy groups -OCH3 is 2. The number of aromatic nitrogens is 1. The highest BCUT2D eigenvalue weighted by molar-refractivity contribution is 8.76. The highest BCUT2D eigenvalue weighted by atomic mass is 33.1. The van der Waals surface area contributed by atoms with E-state index >= 15 is 0 Å². The Bertz CT molecular complexity index is 1410. The molecule has 8 heteroatoms. The molecule has 3 aromatic rings. The van der Waals surface area contributed by atoms with Crippen LogP contribution in [0.1, 0.15) is 16.7 Å². The van der Waals surface area contributed by atoms with Crippen LogP contribution in [0.25, 0.3) is 18.2 Å². The van der Waals surface area contributed by atoms with Gasteiger partial charge in [0.1, 0.15) is 11.5 Å². The summed E-state index contributed by atoms with van der Waals surface area (Å²) in [7, 11) is 11.1. The number of nitrogens with zero attached hydrogens (tertiary/aromatic N) is 3. The smallest absolute Gasteiger partial charge is 0.169 e. The van der Waals surface area contributed by atoms with Gasteiger partial charge in [-0.15, -0.1) is 0 Å². The van der Waals surface area contributed by atoms with Crippen molar-refractivity contribution in [1.29, 1.82) is 0 Å². The largest absolute Gasteiger partial charge is 0.496 e. The van der Waals surface area contributed by atoms with Crippen LogP contribution < -0.4 is 24.7 Å². The molecule has 6 nitrogen and oxygen atoms in total. The standard InChI is InChI=1S/C34H40N4O2S2/c1-6-27(7-9-30-12-14-32(37(2)3)26-34(30)40-5)15-18-36-19-23-41-42-24-22-38-20-16-28(17-21-38)8-10-29-11-13-31(35)25-33(29)39-4/h6-18,20-21,25-26,35H,1,19,22-24H2,2-5H3/p+1/b9-7+,27-15+,36-18?. The average molecular weight is 602 g/mol. The van der Waals surface area contributed by atoms with Crippen LogP contribution in [0.5, 0.6) is 11.5 Å². The van der Waals surface area contributed by atoms with Crippen LogP contribution in [0, 0.1) is 0 Å². The number of hydrogen-bond donors (Lipinski definition) is 1. The second-order valence-corrected chi connectivity index (χ2v) is 12.1. The predicted molar refractivity (Wildman–Crippen MR) is 186 cm³/mol. The lowest BCUT2D eigenvalue weighted by molar-refractivity contribution is -0.692. The molecule has 0 aliphatic carbocycles. The van der Waals surface area contributed by atoms with Crippen molar-refractivity contribution in [2.75, 3.05) is 57.0 Å². The molecule has 0 atom stereocenters. The Morgan fingerprint density at radius 1 is 0.929 bits per heavy atom. The number of benzene rings is 2. The lowest BCUT2D eigenvalue weighted by Gasteiger charge is -2.14. The van der Waals surface area contributed by atoms with E-state index in [0.717, 1.165) is 64.0 Å². The summed E-state index contributed by atoms with van der Waals surface area (Å²) in [5.74, 6) is 3.60. The maximum Gasteiger partial charge on any atom is 0.169 e. The Morgan fingerprint density at radius 2 is 1.62 bits per heavy atom. The topological polar surface area (TPSA) is 64.0 Å². The summed E-state index contributed by atoms with van der Waals surface area (Å²) in [5.41, 5.74) is 11.8. The maximum absolute atomic E-state index is 5.84. The highest BCUT2D eigenvalue weighted by Crippen LogP contribution is 2.26. The third-order valence-corrected chi connectivity index (χ3v) is 8.61. The van der Waals surface area contributed by atoms with Crippen molar-refractivity contribution in [2.24, 2.45) is 4.99 Å². The van der Waals surface area contributed by atoms with Gasteiger partial charge in [0.2, 0.25) is 0 Å². The van der Waals surface area contributed by atoms with E-state index in [1.54, 1.807) is 14.2 Å². The van der Waals surface area contributed by atoms with Crippen LogP contribution in [-0.2, 0) is 6.54 Å². The number of rotatable bonds is 16. The fraction of sp³-hybridized carbons (Fsp3) is 0.235. The molecule has 0 radical (unpaired) electrons. The molecular formula is C34H41N4O2S2+. The van der Waals surface area contributed by atoms with Crippen LogP contribution >= 0.6 is 21.6 Å². The fourth-order valence-electron chi connectivity index (χ4n) is 3.84. The van der Waals surface area contributed by atoms with Crippen molar-refractivity contribution in [3.63, 3.8) is 0 Å². The average Bonchev–Trinajstić information content (AvgIpc) is 3.01. The minimum Gasteiger partial charge on any atom is -0.496 e. The maximum atomic E-state index is 5.84. The monoisotopic (exact) mass is 601 g/mol. The lowest BCUT2D eigenvalue weighted by atomic mass is 10.1. The number of nitrogens with two attached hydrogens (primary N) is 1. The molecule has 2 N–H and O–H groups in total. The summed E-state index contributed by atoms with van der Waals surface area (Å²) >= 11 is 0. The Kier molecular flexibility index (Phi) is 13.9. The molecule has 0 saturated carbocycles. The van der Waals surface area contributed by atoms with E-state index in [9.17, 15) is 0 Å². The van der Waals surface area contributed by atoms with Crippen molar-refractivity contribution < 1.29 is 14.0 Å². The summed E-state index contributed by atoms with van der Waals surface area (Å²) in [6, 6.07) is 16.1. The number of pyridine rings is 1. The summed E-state index contributed by atoms with van der Waals surface area (Å²) in [6.45, 7) is 5.65. The van der Waals surface area contributed by atoms with Gasteiger partial charge in [-0.25, -0.2) is 4.57 Å². The minimum atomic E-state index is 0.691. The molecule has 0 saturated heterocycles. The van der Waals surface area contributed by atoms with Gasteiger partial charge in [-0.2, -0.15) is 0 Å². The SMILES string of the molecule is C=CC(/C=C/c1ccc(N(C)C)cc1OC)=C\C=NCCSSCC[n+]1ccc(/C=C/c2ccc(N)cc2OC)cc1. The molecule has 42 heavy (non-hydrogen) atoms. The molecule has 0 unspecified atom stereocenters. The van der Waals surface area contributed by atoms with Crippen molar-refractivity contribution in [2.45, 2.75) is 6.54 Å². The third-order valence-electron chi connectivity index (χ3n) is 6.25. The van der Waals surface area contributed by atoms with Crippen LogP contribution in [0.3, 0.4) is 0 Å². The molecule has 0 fully saturated rings. The van der Waals surface area contributed by atoms with E-state index in [1.807, 2.05) is 96.5 Å². The first-order valence-corrected chi connectivity index (χ1v) is 16.1. The zero-order valence-electron chi connectivity index (χ0n) is 24.9. The van der Waals surface area contributed by atoms with E-state index in [4.69, 9.17) is 15.2 Å². The molecular weight excluding hydrogens is 561 g/mol. The second-order valence-electron chi connectivity index (χ2n) is 9.43. The molecule has 3 rings (SSSR count). The zero-order chi connectivity index (χ0) is 30.2. The van der Waals surface area contributed by atoms with Crippen LogP contribution in [0.4, 0.5) is 11.4 Å². The molecule has 0 aliphatic rings. The zero-order valence-corrected chi connectivity index (χ0v) is 26.5. The van der Waals surface area contributed by atoms with Gasteiger partial charge in [0.25, 0.3) is 0 Å². The number of allylic oxidation sites excluding steroid dienone is 4. The Hall–Kier alpha value is -3.88. The van der Waals surface area contributed by atoms with Gasteiger partial charge in [-0.3, -0.25) is 4.99 Å². The van der Waals surface area contributed by atoms with Gasteiger partial charge in [0.05, 0.1) is 20.0 Å². The molecule has 1 aromatic heterocycles. The second kappa shape index (κ2) is 17.8. The van der Waals surface area contributed by atoms with Crippen LogP contribution in [0.2, 0.25) is 0 Å². The van der Waals surface area contributed by atoms with Gasteiger partial charge in [0, 0.05) is 79.4 Å². The summed E-state index contributed by atoms with van der Waals surface area (Å²) in [6.07, 6.45) is 18.1. The van der Waals surface area contributed by atoms with Crippen molar-refractivity contribution >= 4 is 57.4 Å². The molecule has 0 spiro atoms. The van der Waals surface area contributed by atoms with Crippen LogP contribution in [0.15, 0.2) is 96.3 Å². The summed E-state index contributed by atoms with van der Waals surface area (Å²) < 4.78 is 13.2. The van der Waals surface area contributed by atoms with Crippen molar-refractivity contribution in [1.82, 2.24) is 0 Å². The van der Waals surface area contributed by atoms with Gasteiger partial charge < -0.3 is 20.1 Å². The molecule has 1 heterocycles. The van der Waals surface area contributed by atoms with E-state index in [-0.39, 0.29) is 0 Å². The van der Waals surface area contributed by atoms with Crippen LogP contribution in [-0.4, -0.2) is 52.6 Å². The first-order chi connectivity index (χ1) is 20.4. The van der Waals surface area contributed by atoms with Gasteiger partial charge in [0.15, 0.2) is 18.9 Å². The van der Waals surface area contributed by atoms with E-state index in [2.05, 4.69) is 63.8 Å². The Labute approximate surface area is 258 Å². The Balaban J connectivity index is 1.36. The van der Waals surface area contributed by atoms with E-state index < -0.39 is 0 Å². The molecule has 0 aliphatic heterocycles. The number of nitrogen functional groups attached to an aromatic ring is 1. The third kappa shape index (κ3) is 10.8. The van der Waals surface area contributed by atoms with E-state index in [0.29, 0.717) is 5.69 Å². The first-order valence-electron chi connectivity index (χ1n) is 13.6. The summed E-state index contributed by atoms with van der Waals surface area (Å²) in [5, 5.41) is 0. The first kappa shape index (κ1) is 32.6. The summed E-state index contributed by atoms with van der Waals surface area (Å²) in [4.78, 5) is 6.58. The van der Waals surface area contributed by atoms with Crippen molar-refractivity contribution in [3.05, 3.63) is 108 Å². The highest BCUT2D eigenvalue weighted by Gasteiger charge is 2.04.